The minimum Gasteiger partial charge on any atom is -0.375 e. The number of carbonyl (C=O) groups excluding carboxylic acids is 11. The Balaban J connectivity index is 2.89. The molecule has 0 aliphatic carbocycles. The molecular weight excluding hydrogens is 1050 g/mol. The third-order valence-corrected chi connectivity index (χ3v) is 16.2. The predicted molar refractivity (Wildman–Crippen MR) is 314 cm³/mol. The molecule has 22 nitrogen and oxygen atoms in total. The SMILES string of the molecule is CC(C)C[C@@H]1C(=O)N(C)[C@H](CC(C)C)C(=O)N(C)[C@H](C(C)C)C(=O)N(C)[C@H]([C@@H]2OCC[C@H]2C)C(=O)N[C@H](C)C(=O)N(C)CC(=O)N(C)[C@@H](CC(C)C)C(=O)N[C@H](C(C)C)C(=O)N(C)[C@H](CC(C)C)C(=O)N[C@H](C)C(=O)C[C@@H](C)C(=O)N1C. The van der Waals surface area contributed by atoms with Crippen molar-refractivity contribution >= 4 is 64.9 Å². The average molecular weight is 1160 g/mol. The lowest BCUT2D eigenvalue weighted by atomic mass is 9.93. The summed E-state index contributed by atoms with van der Waals surface area (Å²) in [6.45, 7) is 28.3. The molecule has 82 heavy (non-hydrogen) atoms. The Morgan fingerprint density at radius 1 is 0.451 bits per heavy atom. The number of likely N-dealkylation sites (N-methyl/N-ethyl adjacent to an activating group) is 7. The molecule has 468 valence electrons. The van der Waals surface area contributed by atoms with Gasteiger partial charge in [-0.15, -0.1) is 0 Å². The van der Waals surface area contributed by atoms with Crippen molar-refractivity contribution < 1.29 is 57.5 Å². The van der Waals surface area contributed by atoms with Crippen LogP contribution in [0.4, 0.5) is 0 Å². The molecule has 2 heterocycles. The lowest BCUT2D eigenvalue weighted by molar-refractivity contribution is -0.157. The number of nitrogens with zero attached hydrogens (tertiary/aromatic N) is 7. The van der Waals surface area contributed by atoms with Gasteiger partial charge in [-0.3, -0.25) is 52.7 Å². The van der Waals surface area contributed by atoms with Crippen LogP contribution in [-0.4, -0.2) is 222 Å². The topological polar surface area (TPSA) is 256 Å². The van der Waals surface area contributed by atoms with Gasteiger partial charge in [0.25, 0.3) is 0 Å². The third-order valence-electron chi connectivity index (χ3n) is 16.2. The number of nitrogens with one attached hydrogen (secondary N) is 3. The maximum absolute atomic E-state index is 15.1. The zero-order chi connectivity index (χ0) is 63.3. The Hall–Kier alpha value is -5.67. The summed E-state index contributed by atoms with van der Waals surface area (Å²) < 4.78 is 6.13. The first-order valence-electron chi connectivity index (χ1n) is 29.7. The first kappa shape index (κ1) is 72.4. The standard InChI is InChI=1S/C60H106N10O12/c1-32(2)26-42-53(74)63-48(36(9)10)59(80)66(19)43(27-33(3)4)52(73)61-40(15)46(71)30-39(14)55(76)67(20)44(28-34(5)6)57(78)68(21)45(29-35(7)8)58(79)69(22)49(37(11)12)60(81)70(23)50(51-38(13)24-25-82-51)54(75)62-41(16)56(77)64(17)31-47(72)65(42)18/h32-45,48-51H,24-31H2,1-23H3,(H,61,73)(H,62,75)(H,63,74)/t38-,39-,40-,41-,42+,43-,44-,45-,48-,49-,50-,51-/m1/s1. The van der Waals surface area contributed by atoms with Crippen LogP contribution < -0.4 is 16.0 Å². The summed E-state index contributed by atoms with van der Waals surface area (Å²) in [5, 5.41) is 8.40. The van der Waals surface area contributed by atoms with E-state index in [4.69, 9.17) is 4.74 Å². The van der Waals surface area contributed by atoms with Gasteiger partial charge in [0, 0.05) is 68.3 Å². The molecule has 2 aliphatic rings. The number of ketones is 1. The van der Waals surface area contributed by atoms with Crippen LogP contribution in [0.2, 0.25) is 0 Å². The molecule has 0 saturated carbocycles. The fraction of sp³-hybridized carbons (Fsp3) is 0.817. The van der Waals surface area contributed by atoms with Crippen molar-refractivity contribution in [3.8, 4) is 0 Å². The summed E-state index contributed by atoms with van der Waals surface area (Å²) >= 11 is 0. The quantitative estimate of drug-likeness (QED) is 0.269. The van der Waals surface area contributed by atoms with Crippen molar-refractivity contribution in [3.05, 3.63) is 0 Å². The molecule has 2 fully saturated rings. The highest BCUT2D eigenvalue weighted by atomic mass is 16.5. The predicted octanol–water partition coefficient (Wildman–Crippen LogP) is 3.43. The van der Waals surface area contributed by atoms with E-state index in [2.05, 4.69) is 16.0 Å². The molecule has 2 aliphatic heterocycles. The molecular formula is C60H106N10O12. The maximum atomic E-state index is 15.1. The first-order valence-corrected chi connectivity index (χ1v) is 29.7. The number of carbonyl (C=O) groups is 11. The number of Topliss-reactive ketones (excluding diaryl/α,β-unsaturated/α-hetero) is 1. The lowest BCUT2D eigenvalue weighted by Crippen LogP contribution is -2.63. The molecule has 0 aromatic carbocycles. The van der Waals surface area contributed by atoms with E-state index in [-0.39, 0.29) is 61.7 Å². The van der Waals surface area contributed by atoms with Gasteiger partial charge in [0.2, 0.25) is 59.1 Å². The largest absolute Gasteiger partial charge is 0.375 e. The smallest absolute Gasteiger partial charge is 0.246 e. The van der Waals surface area contributed by atoms with Crippen LogP contribution >= 0.6 is 0 Å². The maximum Gasteiger partial charge on any atom is 0.246 e. The highest BCUT2D eigenvalue weighted by molar-refractivity contribution is 5.99. The van der Waals surface area contributed by atoms with Gasteiger partial charge in [0.15, 0.2) is 5.78 Å². The molecule has 0 unspecified atom stereocenters. The van der Waals surface area contributed by atoms with Gasteiger partial charge in [-0.2, -0.15) is 0 Å². The van der Waals surface area contributed by atoms with Crippen LogP contribution in [-0.2, 0) is 57.5 Å². The van der Waals surface area contributed by atoms with Crippen molar-refractivity contribution in [1.82, 2.24) is 50.2 Å². The molecule has 0 aromatic rings. The van der Waals surface area contributed by atoms with Crippen molar-refractivity contribution in [2.75, 3.05) is 62.5 Å². The van der Waals surface area contributed by atoms with Crippen LogP contribution in [0.15, 0.2) is 0 Å². The number of amides is 10. The van der Waals surface area contributed by atoms with Crippen molar-refractivity contribution in [2.24, 2.45) is 47.3 Å². The molecule has 0 spiro atoms. The molecule has 0 aromatic heterocycles. The minimum atomic E-state index is -1.28. The highest BCUT2D eigenvalue weighted by Crippen LogP contribution is 2.29. The van der Waals surface area contributed by atoms with Crippen molar-refractivity contribution in [1.29, 1.82) is 0 Å². The van der Waals surface area contributed by atoms with E-state index < -0.39 is 150 Å². The summed E-state index contributed by atoms with van der Waals surface area (Å²) in [6.07, 6.45) is 0.243. The summed E-state index contributed by atoms with van der Waals surface area (Å²) in [6, 6.07) is -10.3. The van der Waals surface area contributed by atoms with E-state index in [1.54, 1.807) is 34.6 Å². The second kappa shape index (κ2) is 31.8. The van der Waals surface area contributed by atoms with Gasteiger partial charge >= 0.3 is 0 Å². The minimum absolute atomic E-state index is 0.103. The number of hydrogen-bond donors (Lipinski definition) is 3. The zero-order valence-electron chi connectivity index (χ0n) is 54.1. The fourth-order valence-electron chi connectivity index (χ4n) is 11.0. The Kier molecular flexibility index (Phi) is 28.1. The fourth-order valence-corrected chi connectivity index (χ4v) is 11.0. The lowest BCUT2D eigenvalue weighted by Gasteiger charge is -2.41. The molecule has 0 radical (unpaired) electrons. The Morgan fingerprint density at radius 3 is 1.33 bits per heavy atom. The summed E-state index contributed by atoms with van der Waals surface area (Å²) in [7, 11) is 10.2. The van der Waals surface area contributed by atoms with Crippen LogP contribution in [0.1, 0.15) is 149 Å². The van der Waals surface area contributed by atoms with E-state index in [0.717, 1.165) is 4.90 Å². The van der Waals surface area contributed by atoms with Crippen molar-refractivity contribution in [2.45, 2.75) is 210 Å². The normalized spacial score (nSPS) is 29.4. The van der Waals surface area contributed by atoms with E-state index in [1.807, 2.05) is 62.3 Å². The highest BCUT2D eigenvalue weighted by Gasteiger charge is 2.47. The van der Waals surface area contributed by atoms with Crippen molar-refractivity contribution in [3.63, 3.8) is 0 Å². The molecule has 2 rings (SSSR count). The Morgan fingerprint density at radius 2 is 0.878 bits per heavy atom. The zero-order valence-corrected chi connectivity index (χ0v) is 54.1. The van der Waals surface area contributed by atoms with Crippen LogP contribution in [0.3, 0.4) is 0 Å². The Labute approximate surface area is 490 Å². The van der Waals surface area contributed by atoms with Crippen LogP contribution in [0, 0.1) is 47.3 Å². The molecule has 12 atom stereocenters. The van der Waals surface area contributed by atoms with Crippen LogP contribution in [0.5, 0.6) is 0 Å². The van der Waals surface area contributed by atoms with Gasteiger partial charge in [-0.1, -0.05) is 96.9 Å². The monoisotopic (exact) mass is 1160 g/mol. The first-order chi connectivity index (χ1) is 37.8. The Bertz CT molecular complexity index is 2260. The number of rotatable bonds is 11. The molecule has 2 saturated heterocycles. The number of hydrogen-bond acceptors (Lipinski definition) is 12. The van der Waals surface area contributed by atoms with Gasteiger partial charge < -0.3 is 55.0 Å². The van der Waals surface area contributed by atoms with Gasteiger partial charge in [-0.25, -0.2) is 0 Å². The van der Waals surface area contributed by atoms with E-state index in [0.29, 0.717) is 13.0 Å². The third kappa shape index (κ3) is 19.2. The van der Waals surface area contributed by atoms with Gasteiger partial charge in [-0.05, 0) is 87.4 Å². The second-order valence-electron chi connectivity index (χ2n) is 26.0. The van der Waals surface area contributed by atoms with E-state index >= 15 is 9.59 Å². The van der Waals surface area contributed by atoms with E-state index in [9.17, 15) is 43.2 Å². The summed E-state index contributed by atoms with van der Waals surface area (Å²) in [5.41, 5.74) is 0. The van der Waals surface area contributed by atoms with E-state index in [1.165, 1.54) is 92.6 Å². The van der Waals surface area contributed by atoms with Gasteiger partial charge in [0.05, 0.1) is 18.7 Å². The van der Waals surface area contributed by atoms with Crippen LogP contribution in [0.25, 0.3) is 0 Å². The molecule has 10 amide bonds. The summed E-state index contributed by atoms with van der Waals surface area (Å²) in [5.74, 6) is -9.07. The number of ether oxygens (including phenoxy) is 1. The molecule has 3 N–H and O–H groups in total. The molecule has 0 bridgehead atoms. The second-order valence-corrected chi connectivity index (χ2v) is 26.0. The molecule has 22 heteroatoms. The summed E-state index contributed by atoms with van der Waals surface area (Å²) in [4.78, 5) is 168. The van der Waals surface area contributed by atoms with Gasteiger partial charge in [0.1, 0.15) is 48.3 Å². The average Bonchev–Trinajstić information content (AvgIpc) is 3.98.